The molecule has 2 nitrogen and oxygen atoms in total. The van der Waals surface area contributed by atoms with Crippen LogP contribution in [0.3, 0.4) is 0 Å². The third-order valence-electron chi connectivity index (χ3n) is 6.28. The fourth-order valence-electron chi connectivity index (χ4n) is 4.67. The third-order valence-corrected chi connectivity index (χ3v) is 6.28. The molecule has 150 valence electrons. The molecule has 5 aromatic carbocycles. The van der Waals surface area contributed by atoms with E-state index in [2.05, 4.69) is 97.1 Å². The lowest BCUT2D eigenvalue weighted by Crippen LogP contribution is -1.76. The zero-order valence-corrected chi connectivity index (χ0v) is 17.2. The van der Waals surface area contributed by atoms with Crippen LogP contribution in [0.25, 0.3) is 66.1 Å². The molecule has 0 aliphatic heterocycles. The smallest absolute Gasteiger partial charge is 0.136 e. The normalized spacial score (nSPS) is 11.8. The van der Waals surface area contributed by atoms with Crippen LogP contribution in [0.1, 0.15) is 0 Å². The first-order chi connectivity index (χ1) is 15.8. The van der Waals surface area contributed by atoms with Crippen molar-refractivity contribution in [3.63, 3.8) is 0 Å². The predicted molar refractivity (Wildman–Crippen MR) is 132 cm³/mol. The lowest BCUT2D eigenvalue weighted by molar-refractivity contribution is 0.664. The Hall–Kier alpha value is -4.30. The molecule has 0 amide bonds. The van der Waals surface area contributed by atoms with Crippen LogP contribution in [0.15, 0.2) is 118 Å². The fraction of sp³-hybridized carbons (Fsp3) is 0. The molecular weight excluding hydrogens is 392 g/mol. The Labute approximate surface area is 184 Å². The molecule has 0 N–H and O–H groups in total. The second-order valence-electron chi connectivity index (χ2n) is 8.20. The summed E-state index contributed by atoms with van der Waals surface area (Å²) in [6, 6.07) is 37.8. The fourth-order valence-corrected chi connectivity index (χ4v) is 4.67. The van der Waals surface area contributed by atoms with Crippen LogP contribution in [-0.4, -0.2) is 0 Å². The monoisotopic (exact) mass is 410 g/mol. The molecule has 2 aromatic heterocycles. The van der Waals surface area contributed by atoms with Gasteiger partial charge in [0.25, 0.3) is 0 Å². The minimum atomic E-state index is 0.882. The minimum absolute atomic E-state index is 0.882. The summed E-state index contributed by atoms with van der Waals surface area (Å²) in [5, 5.41) is 4.36. The molecule has 0 aliphatic carbocycles. The van der Waals surface area contributed by atoms with E-state index in [0.29, 0.717) is 0 Å². The second-order valence-corrected chi connectivity index (χ2v) is 8.20. The zero-order valence-electron chi connectivity index (χ0n) is 17.2. The highest BCUT2D eigenvalue weighted by molar-refractivity contribution is 6.15. The largest absolute Gasteiger partial charge is 0.456 e. The van der Waals surface area contributed by atoms with Crippen LogP contribution in [0, 0.1) is 0 Å². The van der Waals surface area contributed by atoms with Crippen LogP contribution >= 0.6 is 0 Å². The van der Waals surface area contributed by atoms with Crippen LogP contribution in [0.5, 0.6) is 0 Å². The molecule has 7 rings (SSSR count). The van der Waals surface area contributed by atoms with E-state index in [9.17, 15) is 0 Å². The Bertz CT molecular complexity index is 1620. The summed E-state index contributed by atoms with van der Waals surface area (Å²) in [6.45, 7) is 0. The molecule has 0 aliphatic rings. The topological polar surface area (TPSA) is 26.3 Å². The highest BCUT2D eigenvalue weighted by Gasteiger charge is 2.14. The highest BCUT2D eigenvalue weighted by Crippen LogP contribution is 2.38. The van der Waals surface area contributed by atoms with E-state index in [1.807, 2.05) is 12.1 Å². The van der Waals surface area contributed by atoms with Crippen molar-refractivity contribution in [2.75, 3.05) is 0 Å². The molecule has 2 heterocycles. The van der Waals surface area contributed by atoms with Gasteiger partial charge in [-0.05, 0) is 58.7 Å². The molecule has 2 heteroatoms. The van der Waals surface area contributed by atoms with Crippen molar-refractivity contribution in [2.24, 2.45) is 0 Å². The van der Waals surface area contributed by atoms with Crippen molar-refractivity contribution >= 4 is 43.9 Å². The first-order valence-electron chi connectivity index (χ1n) is 10.8. The second kappa shape index (κ2) is 6.60. The number of hydrogen-bond acceptors (Lipinski definition) is 2. The van der Waals surface area contributed by atoms with E-state index >= 15 is 0 Å². The molecule has 32 heavy (non-hydrogen) atoms. The van der Waals surface area contributed by atoms with Gasteiger partial charge in [-0.1, -0.05) is 72.8 Å². The summed E-state index contributed by atoms with van der Waals surface area (Å²) < 4.78 is 12.6. The summed E-state index contributed by atoms with van der Waals surface area (Å²) >= 11 is 0. The average molecular weight is 410 g/mol. The number of fused-ring (bicyclic) bond motifs is 6. The van der Waals surface area contributed by atoms with Gasteiger partial charge in [-0.15, -0.1) is 0 Å². The molecule has 0 spiro atoms. The minimum Gasteiger partial charge on any atom is -0.456 e. The third kappa shape index (κ3) is 2.60. The maximum Gasteiger partial charge on any atom is 0.136 e. The lowest BCUT2D eigenvalue weighted by atomic mass is 10.0. The quantitative estimate of drug-likeness (QED) is 0.284. The Balaban J connectivity index is 1.41. The van der Waals surface area contributed by atoms with E-state index in [1.54, 1.807) is 0 Å². The Morgan fingerprint density at radius 3 is 1.16 bits per heavy atom. The summed E-state index contributed by atoms with van der Waals surface area (Å²) in [5.41, 5.74) is 8.22. The van der Waals surface area contributed by atoms with Crippen molar-refractivity contribution in [3.05, 3.63) is 109 Å². The summed E-state index contributed by atoms with van der Waals surface area (Å²) in [6.07, 6.45) is 0. The molecule has 0 saturated carbocycles. The van der Waals surface area contributed by atoms with Crippen LogP contribution in [0.4, 0.5) is 0 Å². The van der Waals surface area contributed by atoms with E-state index in [0.717, 1.165) is 55.0 Å². The maximum atomic E-state index is 6.29. The summed E-state index contributed by atoms with van der Waals surface area (Å²) in [5.74, 6) is 0. The van der Waals surface area contributed by atoms with Crippen LogP contribution in [-0.2, 0) is 0 Å². The standard InChI is InChI=1S/C30H18O2/c1-3-7-19(8-4-1)21-11-13-23-25-17-30-26(18-29(25)31-27(23)15-21)24-14-12-22(16-28(24)32-30)20-9-5-2-6-10-20/h1-18H. The maximum absolute atomic E-state index is 6.29. The Kier molecular flexibility index (Phi) is 3.58. The van der Waals surface area contributed by atoms with Gasteiger partial charge in [-0.25, -0.2) is 0 Å². The van der Waals surface area contributed by atoms with Gasteiger partial charge in [0, 0.05) is 21.5 Å². The molecule has 0 bridgehead atoms. The van der Waals surface area contributed by atoms with Gasteiger partial charge in [0.1, 0.15) is 22.3 Å². The van der Waals surface area contributed by atoms with E-state index in [1.165, 1.54) is 11.1 Å². The van der Waals surface area contributed by atoms with Gasteiger partial charge in [0.05, 0.1) is 0 Å². The molecule has 7 aromatic rings. The number of benzene rings is 5. The first kappa shape index (κ1) is 17.4. The van der Waals surface area contributed by atoms with Crippen LogP contribution in [0.2, 0.25) is 0 Å². The predicted octanol–water partition coefficient (Wildman–Crippen LogP) is 8.82. The Morgan fingerprint density at radius 2 is 0.719 bits per heavy atom. The van der Waals surface area contributed by atoms with Gasteiger partial charge in [-0.2, -0.15) is 0 Å². The molecule has 0 radical (unpaired) electrons. The number of rotatable bonds is 2. The lowest BCUT2D eigenvalue weighted by Gasteiger charge is -2.00. The van der Waals surface area contributed by atoms with E-state index < -0.39 is 0 Å². The van der Waals surface area contributed by atoms with E-state index in [-0.39, 0.29) is 0 Å². The SMILES string of the molecule is c1ccc(-c2ccc3c(c2)oc2cc4c(cc23)oc2cc(-c3ccccc3)ccc24)cc1. The van der Waals surface area contributed by atoms with E-state index in [4.69, 9.17) is 8.83 Å². The first-order valence-corrected chi connectivity index (χ1v) is 10.8. The number of hydrogen-bond donors (Lipinski definition) is 0. The molecule has 0 fully saturated rings. The molecule has 0 unspecified atom stereocenters. The van der Waals surface area contributed by atoms with Crippen molar-refractivity contribution in [1.29, 1.82) is 0 Å². The average Bonchev–Trinajstić information content (AvgIpc) is 3.39. The molecule has 0 saturated heterocycles. The van der Waals surface area contributed by atoms with Crippen molar-refractivity contribution < 1.29 is 8.83 Å². The molecular formula is C30H18O2. The van der Waals surface area contributed by atoms with Crippen molar-refractivity contribution in [2.45, 2.75) is 0 Å². The zero-order chi connectivity index (χ0) is 21.1. The van der Waals surface area contributed by atoms with Gasteiger partial charge in [-0.3, -0.25) is 0 Å². The van der Waals surface area contributed by atoms with Gasteiger partial charge >= 0.3 is 0 Å². The van der Waals surface area contributed by atoms with Gasteiger partial charge in [0.2, 0.25) is 0 Å². The molecule has 0 atom stereocenters. The summed E-state index contributed by atoms with van der Waals surface area (Å²) in [7, 11) is 0. The van der Waals surface area contributed by atoms with Crippen molar-refractivity contribution in [1.82, 2.24) is 0 Å². The van der Waals surface area contributed by atoms with Crippen LogP contribution < -0.4 is 0 Å². The summed E-state index contributed by atoms with van der Waals surface area (Å²) in [4.78, 5) is 0. The Morgan fingerprint density at radius 1 is 0.312 bits per heavy atom. The van der Waals surface area contributed by atoms with Crippen molar-refractivity contribution in [3.8, 4) is 22.3 Å². The number of furan rings is 2. The highest BCUT2D eigenvalue weighted by atomic mass is 16.3. The van der Waals surface area contributed by atoms with Gasteiger partial charge < -0.3 is 8.83 Å². The van der Waals surface area contributed by atoms with Gasteiger partial charge in [0.15, 0.2) is 0 Å².